The van der Waals surface area contributed by atoms with Gasteiger partial charge in [0.2, 0.25) is 0 Å². The van der Waals surface area contributed by atoms with E-state index in [-0.39, 0.29) is 11.6 Å². The summed E-state index contributed by atoms with van der Waals surface area (Å²) in [6, 6.07) is 13.6. The van der Waals surface area contributed by atoms with Crippen molar-refractivity contribution in [3.8, 4) is 0 Å². The van der Waals surface area contributed by atoms with E-state index in [0.29, 0.717) is 47.9 Å². The molecule has 0 heterocycles. The first-order valence-electron chi connectivity index (χ1n) is 12.6. The molecular weight excluding hydrogens is 444 g/mol. The molecule has 0 unspecified atom stereocenters. The van der Waals surface area contributed by atoms with Gasteiger partial charge >= 0.3 is 5.97 Å². The Morgan fingerprint density at radius 2 is 1.00 bits per heavy atom. The van der Waals surface area contributed by atoms with Crippen LogP contribution in [0, 0.1) is 0 Å². The molecule has 0 amide bonds. The Morgan fingerprint density at radius 1 is 0.657 bits per heavy atom. The quantitative estimate of drug-likeness (QED) is 0.424. The summed E-state index contributed by atoms with van der Waals surface area (Å²) in [7, 11) is 0. The maximum Gasteiger partial charge on any atom is 0.303 e. The van der Waals surface area contributed by atoms with Crippen molar-refractivity contribution < 1.29 is 29.3 Å². The standard InChI is InChI=1S/C29H34O6/c1-20(30)35-25(21-8-12-23(13-9-21)26(31)28(33)16-4-2-5-17-28)22-10-14-24(15-11-22)27(32)29(34)18-6-3-7-19-29/h8-15,25,33-34H,2-7,16-19H2,1H3. The second-order valence-electron chi connectivity index (χ2n) is 10.1. The molecule has 4 rings (SSSR count). The topological polar surface area (TPSA) is 101 Å². The average Bonchev–Trinajstić information content (AvgIpc) is 2.87. The molecule has 35 heavy (non-hydrogen) atoms. The van der Waals surface area contributed by atoms with Crippen LogP contribution in [0.1, 0.15) is 109 Å². The number of ketones is 2. The van der Waals surface area contributed by atoms with Gasteiger partial charge in [-0.2, -0.15) is 0 Å². The molecule has 2 aromatic rings. The predicted molar refractivity (Wildman–Crippen MR) is 131 cm³/mol. The van der Waals surface area contributed by atoms with Crippen LogP contribution in [-0.4, -0.2) is 39.0 Å². The summed E-state index contributed by atoms with van der Waals surface area (Å²) >= 11 is 0. The van der Waals surface area contributed by atoms with Crippen LogP contribution in [0.2, 0.25) is 0 Å². The molecule has 0 aromatic heterocycles. The molecule has 0 radical (unpaired) electrons. The third kappa shape index (κ3) is 5.54. The summed E-state index contributed by atoms with van der Waals surface area (Å²) in [5, 5.41) is 21.6. The molecule has 2 aromatic carbocycles. The van der Waals surface area contributed by atoms with Crippen molar-refractivity contribution in [3.05, 3.63) is 70.8 Å². The third-order valence-corrected chi connectivity index (χ3v) is 7.44. The first kappa shape index (κ1) is 25.3. The summed E-state index contributed by atoms with van der Waals surface area (Å²) in [5.74, 6) is -0.990. The van der Waals surface area contributed by atoms with Gasteiger partial charge in [0.25, 0.3) is 0 Å². The highest BCUT2D eigenvalue weighted by Gasteiger charge is 2.38. The van der Waals surface area contributed by atoms with E-state index >= 15 is 0 Å². The van der Waals surface area contributed by atoms with E-state index in [0.717, 1.165) is 38.5 Å². The van der Waals surface area contributed by atoms with Crippen LogP contribution in [0.4, 0.5) is 0 Å². The molecule has 2 aliphatic carbocycles. The molecule has 2 saturated carbocycles. The van der Waals surface area contributed by atoms with E-state index in [1.807, 2.05) is 0 Å². The van der Waals surface area contributed by atoms with Crippen LogP contribution in [0.25, 0.3) is 0 Å². The third-order valence-electron chi connectivity index (χ3n) is 7.44. The fourth-order valence-corrected chi connectivity index (χ4v) is 5.38. The number of hydrogen-bond acceptors (Lipinski definition) is 6. The molecule has 6 nitrogen and oxygen atoms in total. The van der Waals surface area contributed by atoms with Gasteiger partial charge in [-0.05, 0) is 36.8 Å². The van der Waals surface area contributed by atoms with E-state index in [9.17, 15) is 24.6 Å². The van der Waals surface area contributed by atoms with Crippen molar-refractivity contribution in [2.75, 3.05) is 0 Å². The van der Waals surface area contributed by atoms with Crippen molar-refractivity contribution in [1.29, 1.82) is 0 Å². The van der Waals surface area contributed by atoms with Crippen LogP contribution < -0.4 is 0 Å². The summed E-state index contributed by atoms with van der Waals surface area (Å²) in [5.41, 5.74) is -0.392. The molecule has 2 N–H and O–H groups in total. The molecule has 0 bridgehead atoms. The van der Waals surface area contributed by atoms with Crippen LogP contribution >= 0.6 is 0 Å². The van der Waals surface area contributed by atoms with Crippen LogP contribution in [0.3, 0.4) is 0 Å². The van der Waals surface area contributed by atoms with Crippen LogP contribution in [0.5, 0.6) is 0 Å². The number of Topliss-reactive ketones (excluding diaryl/α,β-unsaturated/α-hetero) is 2. The van der Waals surface area contributed by atoms with Gasteiger partial charge in [-0.3, -0.25) is 14.4 Å². The van der Waals surface area contributed by atoms with Gasteiger partial charge in [0.1, 0.15) is 11.2 Å². The second-order valence-corrected chi connectivity index (χ2v) is 10.1. The molecule has 6 heteroatoms. The van der Waals surface area contributed by atoms with Crippen molar-refractivity contribution in [2.45, 2.75) is 88.4 Å². The van der Waals surface area contributed by atoms with Crippen molar-refractivity contribution in [1.82, 2.24) is 0 Å². The number of carbonyl (C=O) groups excluding carboxylic acids is 3. The number of aliphatic hydroxyl groups is 2. The van der Waals surface area contributed by atoms with Gasteiger partial charge < -0.3 is 14.9 Å². The molecule has 0 aliphatic heterocycles. The van der Waals surface area contributed by atoms with Crippen molar-refractivity contribution in [2.24, 2.45) is 0 Å². The summed E-state index contributed by atoms with van der Waals surface area (Å²) < 4.78 is 5.59. The Kier molecular flexibility index (Phi) is 7.53. The second kappa shape index (κ2) is 10.4. The van der Waals surface area contributed by atoms with Crippen LogP contribution in [0.15, 0.2) is 48.5 Å². The monoisotopic (exact) mass is 478 g/mol. The summed E-state index contributed by atoms with van der Waals surface area (Å²) in [6.07, 6.45) is 6.60. The highest BCUT2D eigenvalue weighted by atomic mass is 16.5. The Morgan fingerprint density at radius 3 is 1.31 bits per heavy atom. The number of hydrogen-bond donors (Lipinski definition) is 2. The maximum absolute atomic E-state index is 12.9. The van der Waals surface area contributed by atoms with Crippen molar-refractivity contribution in [3.63, 3.8) is 0 Å². The fourth-order valence-electron chi connectivity index (χ4n) is 5.38. The normalized spacial score (nSPS) is 19.2. The predicted octanol–water partition coefficient (Wildman–Crippen LogP) is 5.09. The molecule has 0 spiro atoms. The lowest BCUT2D eigenvalue weighted by molar-refractivity contribution is -0.144. The first-order valence-corrected chi connectivity index (χ1v) is 12.6. The zero-order valence-corrected chi connectivity index (χ0v) is 20.3. The van der Waals surface area contributed by atoms with Gasteiger partial charge in [0.15, 0.2) is 17.7 Å². The number of carbonyl (C=O) groups is 3. The van der Waals surface area contributed by atoms with Crippen molar-refractivity contribution >= 4 is 17.5 Å². The zero-order valence-electron chi connectivity index (χ0n) is 20.3. The molecule has 0 atom stereocenters. The Bertz CT molecular complexity index is 978. The van der Waals surface area contributed by atoms with Gasteiger partial charge in [-0.25, -0.2) is 0 Å². The smallest absolute Gasteiger partial charge is 0.303 e. The lowest BCUT2D eigenvalue weighted by atomic mass is 9.79. The van der Waals surface area contributed by atoms with E-state index in [4.69, 9.17) is 4.74 Å². The Balaban J connectivity index is 1.55. The molecule has 2 fully saturated rings. The van der Waals surface area contributed by atoms with E-state index in [1.54, 1.807) is 48.5 Å². The number of rotatable bonds is 7. The maximum atomic E-state index is 12.9. The highest BCUT2D eigenvalue weighted by Crippen LogP contribution is 2.34. The number of benzene rings is 2. The minimum atomic E-state index is -1.31. The molecule has 2 aliphatic rings. The highest BCUT2D eigenvalue weighted by molar-refractivity contribution is 6.03. The lowest BCUT2D eigenvalue weighted by Gasteiger charge is -2.30. The minimum absolute atomic E-state index is 0.267. The fraction of sp³-hybridized carbons (Fsp3) is 0.483. The number of esters is 1. The molecule has 0 saturated heterocycles. The lowest BCUT2D eigenvalue weighted by Crippen LogP contribution is -2.40. The molecule has 186 valence electrons. The van der Waals surface area contributed by atoms with Gasteiger partial charge in [0.05, 0.1) is 0 Å². The summed E-state index contributed by atoms with van der Waals surface area (Å²) in [6.45, 7) is 1.33. The van der Waals surface area contributed by atoms with Crippen LogP contribution in [-0.2, 0) is 9.53 Å². The molecular formula is C29H34O6. The Hall–Kier alpha value is -2.83. The number of ether oxygens (including phenoxy) is 1. The van der Waals surface area contributed by atoms with Gasteiger partial charge in [0, 0.05) is 18.1 Å². The SMILES string of the molecule is CC(=O)OC(c1ccc(C(=O)C2(O)CCCCC2)cc1)c1ccc(C(=O)C2(O)CCCCC2)cc1. The first-order chi connectivity index (χ1) is 16.7. The largest absolute Gasteiger partial charge is 0.453 e. The minimum Gasteiger partial charge on any atom is -0.453 e. The van der Waals surface area contributed by atoms with Gasteiger partial charge in [-0.15, -0.1) is 0 Å². The average molecular weight is 479 g/mol. The Labute approximate surface area is 206 Å². The zero-order chi connectivity index (χ0) is 25.1. The van der Waals surface area contributed by atoms with E-state index in [2.05, 4.69) is 0 Å². The summed E-state index contributed by atoms with van der Waals surface area (Å²) in [4.78, 5) is 37.7. The van der Waals surface area contributed by atoms with E-state index < -0.39 is 23.3 Å². The van der Waals surface area contributed by atoms with E-state index in [1.165, 1.54) is 6.92 Å². The van der Waals surface area contributed by atoms with Gasteiger partial charge in [-0.1, -0.05) is 87.1 Å².